The molecule has 0 saturated carbocycles. The highest BCUT2D eigenvalue weighted by Crippen LogP contribution is 2.24. The molecule has 0 aliphatic carbocycles. The first kappa shape index (κ1) is 19.8. The molecule has 7 heteroatoms. The first-order valence-electron chi connectivity index (χ1n) is 7.96. The van der Waals surface area contributed by atoms with E-state index in [1.54, 1.807) is 31.4 Å². The van der Waals surface area contributed by atoms with Crippen molar-refractivity contribution in [2.45, 2.75) is 13.3 Å². The Labute approximate surface area is 161 Å². The van der Waals surface area contributed by atoms with Crippen LogP contribution in [0.3, 0.4) is 0 Å². The lowest BCUT2D eigenvalue weighted by Crippen LogP contribution is -2.34. The highest BCUT2D eigenvalue weighted by molar-refractivity contribution is 9.10. The van der Waals surface area contributed by atoms with Gasteiger partial charge >= 0.3 is 0 Å². The van der Waals surface area contributed by atoms with Gasteiger partial charge in [0.25, 0.3) is 0 Å². The molecule has 0 spiro atoms. The van der Waals surface area contributed by atoms with E-state index >= 15 is 0 Å². The summed E-state index contributed by atoms with van der Waals surface area (Å²) in [7, 11) is 3.09. The van der Waals surface area contributed by atoms with Gasteiger partial charge in [-0.2, -0.15) is 0 Å². The number of hydrogen-bond donors (Lipinski definition) is 2. The standard InChI is InChI=1S/C19H21BrN2O4/c1-12-8-14(20)4-6-16(12)22-19(24)11-21-18(23)10-13-9-15(25-2)5-7-17(13)26-3/h4-9H,10-11H2,1-3H3,(H,21,23)(H,22,24). The van der Waals surface area contributed by atoms with Crippen molar-refractivity contribution in [1.29, 1.82) is 0 Å². The Bertz CT molecular complexity index is 808. The molecule has 6 nitrogen and oxygen atoms in total. The Morgan fingerprint density at radius 3 is 2.46 bits per heavy atom. The maximum atomic E-state index is 12.2. The second-order valence-electron chi connectivity index (χ2n) is 5.64. The van der Waals surface area contributed by atoms with Crippen LogP contribution in [0.25, 0.3) is 0 Å². The zero-order valence-corrected chi connectivity index (χ0v) is 16.5. The number of rotatable bonds is 7. The van der Waals surface area contributed by atoms with Crippen molar-refractivity contribution < 1.29 is 19.1 Å². The van der Waals surface area contributed by atoms with E-state index in [9.17, 15) is 9.59 Å². The van der Waals surface area contributed by atoms with Gasteiger partial charge in [0, 0.05) is 15.7 Å². The number of methoxy groups -OCH3 is 2. The van der Waals surface area contributed by atoms with E-state index in [0.29, 0.717) is 22.7 Å². The van der Waals surface area contributed by atoms with Crippen molar-refractivity contribution in [3.8, 4) is 11.5 Å². The van der Waals surface area contributed by atoms with E-state index in [0.717, 1.165) is 10.0 Å². The van der Waals surface area contributed by atoms with Crippen LogP contribution < -0.4 is 20.1 Å². The summed E-state index contributed by atoms with van der Waals surface area (Å²) in [4.78, 5) is 24.2. The van der Waals surface area contributed by atoms with E-state index in [1.165, 1.54) is 7.11 Å². The van der Waals surface area contributed by atoms with Crippen molar-refractivity contribution in [3.05, 3.63) is 52.0 Å². The lowest BCUT2D eigenvalue weighted by molar-refractivity contribution is -0.123. The van der Waals surface area contributed by atoms with Crippen molar-refractivity contribution in [3.63, 3.8) is 0 Å². The number of halogens is 1. The lowest BCUT2D eigenvalue weighted by Gasteiger charge is -2.12. The van der Waals surface area contributed by atoms with Crippen LogP contribution in [-0.4, -0.2) is 32.6 Å². The number of benzene rings is 2. The van der Waals surface area contributed by atoms with Crippen molar-refractivity contribution >= 4 is 33.4 Å². The van der Waals surface area contributed by atoms with Gasteiger partial charge in [0.1, 0.15) is 11.5 Å². The zero-order chi connectivity index (χ0) is 19.1. The van der Waals surface area contributed by atoms with Gasteiger partial charge in [-0.05, 0) is 48.9 Å². The van der Waals surface area contributed by atoms with Crippen molar-refractivity contribution in [2.75, 3.05) is 26.1 Å². The third-order valence-electron chi connectivity index (χ3n) is 3.75. The topological polar surface area (TPSA) is 76.7 Å². The predicted molar refractivity (Wildman–Crippen MR) is 104 cm³/mol. The van der Waals surface area contributed by atoms with Crippen LogP contribution in [0.15, 0.2) is 40.9 Å². The summed E-state index contributed by atoms with van der Waals surface area (Å²) in [5, 5.41) is 5.39. The average molecular weight is 421 g/mol. The van der Waals surface area contributed by atoms with Crippen molar-refractivity contribution in [2.24, 2.45) is 0 Å². The Morgan fingerprint density at radius 2 is 1.81 bits per heavy atom. The summed E-state index contributed by atoms with van der Waals surface area (Å²) in [6.45, 7) is 1.79. The molecule has 0 aliphatic heterocycles. The summed E-state index contributed by atoms with van der Waals surface area (Å²) in [5.41, 5.74) is 2.33. The molecule has 0 fully saturated rings. The highest BCUT2D eigenvalue weighted by atomic mass is 79.9. The fourth-order valence-electron chi connectivity index (χ4n) is 2.40. The number of carbonyl (C=O) groups excluding carboxylic acids is 2. The van der Waals surface area contributed by atoms with Crippen LogP contribution in [0.5, 0.6) is 11.5 Å². The SMILES string of the molecule is COc1ccc(OC)c(CC(=O)NCC(=O)Nc2ccc(Br)cc2C)c1. The quantitative estimate of drug-likeness (QED) is 0.721. The molecule has 2 aromatic carbocycles. The molecule has 0 radical (unpaired) electrons. The number of anilines is 1. The normalized spacial score (nSPS) is 10.2. The maximum absolute atomic E-state index is 12.2. The Kier molecular flexibility index (Phi) is 7.03. The molecule has 0 atom stereocenters. The van der Waals surface area contributed by atoms with E-state index in [2.05, 4.69) is 26.6 Å². The van der Waals surface area contributed by atoms with Gasteiger partial charge < -0.3 is 20.1 Å². The molecular weight excluding hydrogens is 400 g/mol. The largest absolute Gasteiger partial charge is 0.497 e. The molecule has 0 heterocycles. The number of nitrogens with one attached hydrogen (secondary N) is 2. The van der Waals surface area contributed by atoms with Gasteiger partial charge in [0.05, 0.1) is 27.2 Å². The molecule has 2 N–H and O–H groups in total. The molecule has 2 amide bonds. The number of aryl methyl sites for hydroxylation is 1. The second-order valence-corrected chi connectivity index (χ2v) is 6.55. The van der Waals surface area contributed by atoms with E-state index < -0.39 is 0 Å². The number of hydrogen-bond acceptors (Lipinski definition) is 4. The van der Waals surface area contributed by atoms with Gasteiger partial charge in [-0.3, -0.25) is 9.59 Å². The lowest BCUT2D eigenvalue weighted by atomic mass is 10.1. The fourth-order valence-corrected chi connectivity index (χ4v) is 2.87. The minimum absolute atomic E-state index is 0.0883. The minimum Gasteiger partial charge on any atom is -0.497 e. The van der Waals surface area contributed by atoms with E-state index in [1.807, 2.05) is 19.1 Å². The first-order chi connectivity index (χ1) is 12.4. The fraction of sp³-hybridized carbons (Fsp3) is 0.263. The van der Waals surface area contributed by atoms with Gasteiger partial charge in [-0.15, -0.1) is 0 Å². The molecule has 26 heavy (non-hydrogen) atoms. The molecule has 0 saturated heterocycles. The first-order valence-corrected chi connectivity index (χ1v) is 8.76. The summed E-state index contributed by atoms with van der Waals surface area (Å²) in [6, 6.07) is 10.8. The summed E-state index contributed by atoms with van der Waals surface area (Å²) < 4.78 is 11.4. The predicted octanol–water partition coefficient (Wildman–Crippen LogP) is 3.07. The number of amides is 2. The summed E-state index contributed by atoms with van der Waals surface area (Å²) >= 11 is 3.38. The molecule has 0 aliphatic rings. The highest BCUT2D eigenvalue weighted by Gasteiger charge is 2.12. The molecule has 0 aromatic heterocycles. The summed E-state index contributed by atoms with van der Waals surface area (Å²) in [6.07, 6.45) is 0.0883. The van der Waals surface area contributed by atoms with E-state index in [-0.39, 0.29) is 24.8 Å². The van der Waals surface area contributed by atoms with Gasteiger partial charge in [0.2, 0.25) is 11.8 Å². The maximum Gasteiger partial charge on any atom is 0.243 e. The second kappa shape index (κ2) is 9.24. The average Bonchev–Trinajstić information content (AvgIpc) is 2.62. The van der Waals surface area contributed by atoms with Crippen molar-refractivity contribution in [1.82, 2.24) is 5.32 Å². The monoisotopic (exact) mass is 420 g/mol. The zero-order valence-electron chi connectivity index (χ0n) is 14.9. The smallest absolute Gasteiger partial charge is 0.243 e. The van der Waals surface area contributed by atoms with Gasteiger partial charge in [0.15, 0.2) is 0 Å². The molecule has 2 rings (SSSR count). The number of ether oxygens (including phenoxy) is 2. The van der Waals surface area contributed by atoms with Gasteiger partial charge in [-0.1, -0.05) is 15.9 Å². The van der Waals surface area contributed by atoms with Crippen LogP contribution in [0.4, 0.5) is 5.69 Å². The Balaban J connectivity index is 1.91. The van der Waals surface area contributed by atoms with Crippen LogP contribution in [0.1, 0.15) is 11.1 Å². The molecule has 0 unspecified atom stereocenters. The third kappa shape index (κ3) is 5.49. The van der Waals surface area contributed by atoms with E-state index in [4.69, 9.17) is 9.47 Å². The molecule has 138 valence electrons. The molecule has 0 bridgehead atoms. The summed E-state index contributed by atoms with van der Waals surface area (Å²) in [5.74, 6) is 0.661. The van der Waals surface area contributed by atoms with Crippen LogP contribution in [0.2, 0.25) is 0 Å². The minimum atomic E-state index is -0.290. The Morgan fingerprint density at radius 1 is 1.04 bits per heavy atom. The molecular formula is C19H21BrN2O4. The van der Waals surface area contributed by atoms with Gasteiger partial charge in [-0.25, -0.2) is 0 Å². The van der Waals surface area contributed by atoms with Crippen LogP contribution in [0, 0.1) is 6.92 Å². The number of carbonyl (C=O) groups is 2. The molecule has 2 aromatic rings. The van der Waals surface area contributed by atoms with Crippen LogP contribution in [-0.2, 0) is 16.0 Å². The third-order valence-corrected chi connectivity index (χ3v) is 4.24. The Hall–Kier alpha value is -2.54. The van der Waals surface area contributed by atoms with Crippen LogP contribution >= 0.6 is 15.9 Å².